The number of halogens is 1. The Morgan fingerprint density at radius 2 is 1.57 bits per heavy atom. The zero-order valence-electron chi connectivity index (χ0n) is 17.2. The van der Waals surface area contributed by atoms with Crippen molar-refractivity contribution >= 4 is 28.8 Å². The molecule has 30 heavy (non-hydrogen) atoms. The van der Waals surface area contributed by atoms with Gasteiger partial charge in [0, 0.05) is 60.3 Å². The van der Waals surface area contributed by atoms with Gasteiger partial charge in [-0.3, -0.25) is 0 Å². The third-order valence-electron chi connectivity index (χ3n) is 5.72. The van der Waals surface area contributed by atoms with E-state index in [1.165, 1.54) is 11.3 Å². The molecule has 0 bridgehead atoms. The fraction of sp³-hybridized carbons (Fsp3) is 0.250. The van der Waals surface area contributed by atoms with Crippen LogP contribution in [-0.4, -0.2) is 40.8 Å². The number of anilines is 2. The number of fused-ring (bicyclic) bond motifs is 1. The Morgan fingerprint density at radius 1 is 0.833 bits per heavy atom. The van der Waals surface area contributed by atoms with Crippen LogP contribution in [0.1, 0.15) is 11.3 Å². The maximum atomic E-state index is 6.24. The van der Waals surface area contributed by atoms with Crippen LogP contribution in [0.2, 0.25) is 5.02 Å². The fourth-order valence-electron chi connectivity index (χ4n) is 4.16. The van der Waals surface area contributed by atoms with E-state index in [4.69, 9.17) is 21.7 Å². The summed E-state index contributed by atoms with van der Waals surface area (Å²) in [6.07, 6.45) is 0. The van der Waals surface area contributed by atoms with Crippen LogP contribution in [-0.2, 0) is 0 Å². The third kappa shape index (κ3) is 3.50. The summed E-state index contributed by atoms with van der Waals surface area (Å²) in [4.78, 5) is 9.53. The first kappa shape index (κ1) is 18.9. The van der Waals surface area contributed by atoms with Crippen LogP contribution >= 0.6 is 11.6 Å². The quantitative estimate of drug-likeness (QED) is 0.470. The van der Waals surface area contributed by atoms with Crippen molar-refractivity contribution in [1.29, 1.82) is 0 Å². The van der Waals surface area contributed by atoms with E-state index < -0.39 is 0 Å². The number of aryl methyl sites for hydroxylation is 2. The van der Waals surface area contributed by atoms with Crippen molar-refractivity contribution in [1.82, 2.24) is 14.6 Å². The van der Waals surface area contributed by atoms with Gasteiger partial charge in [-0.2, -0.15) is 9.61 Å². The van der Waals surface area contributed by atoms with E-state index in [-0.39, 0.29) is 0 Å². The monoisotopic (exact) mass is 417 g/mol. The zero-order chi connectivity index (χ0) is 20.7. The molecule has 1 aliphatic heterocycles. The summed E-state index contributed by atoms with van der Waals surface area (Å²) < 4.78 is 1.98. The van der Waals surface area contributed by atoms with E-state index >= 15 is 0 Å². The molecule has 5 nitrogen and oxygen atoms in total. The Hall–Kier alpha value is -3.05. The predicted molar refractivity (Wildman–Crippen MR) is 124 cm³/mol. The maximum absolute atomic E-state index is 6.24. The predicted octanol–water partition coefficient (Wildman–Crippen LogP) is 4.99. The Labute approximate surface area is 181 Å². The molecule has 0 radical (unpaired) electrons. The first-order valence-corrected chi connectivity index (χ1v) is 10.7. The van der Waals surface area contributed by atoms with E-state index in [9.17, 15) is 0 Å². The maximum Gasteiger partial charge on any atom is 0.158 e. The summed E-state index contributed by atoms with van der Waals surface area (Å²) in [5, 5.41) is 5.67. The molecule has 3 heterocycles. The van der Waals surface area contributed by atoms with Crippen molar-refractivity contribution in [3.05, 3.63) is 76.9 Å². The minimum Gasteiger partial charge on any atom is -0.368 e. The molecule has 0 N–H and O–H groups in total. The minimum atomic E-state index is 0.787. The van der Waals surface area contributed by atoms with Crippen molar-refractivity contribution in [3.63, 3.8) is 0 Å². The molecular formula is C24H24ClN5. The van der Waals surface area contributed by atoms with Gasteiger partial charge in [0.1, 0.15) is 5.82 Å². The number of hydrogen-bond acceptors (Lipinski definition) is 4. The largest absolute Gasteiger partial charge is 0.368 e. The van der Waals surface area contributed by atoms with Crippen LogP contribution in [0.25, 0.3) is 16.9 Å². The molecule has 0 amide bonds. The molecule has 2 aromatic heterocycles. The lowest BCUT2D eigenvalue weighted by Gasteiger charge is -2.38. The smallest absolute Gasteiger partial charge is 0.158 e. The topological polar surface area (TPSA) is 36.7 Å². The lowest BCUT2D eigenvalue weighted by molar-refractivity contribution is 0.637. The zero-order valence-corrected chi connectivity index (χ0v) is 18.0. The number of piperazine rings is 1. The van der Waals surface area contributed by atoms with Crippen LogP contribution in [0, 0.1) is 13.8 Å². The number of benzene rings is 2. The van der Waals surface area contributed by atoms with Crippen molar-refractivity contribution in [2.45, 2.75) is 13.8 Å². The standard InChI is InChI=1S/C24H24ClN5/c1-17-8-9-20(25)15-22(17)28-10-12-29(13-11-28)24-14-18(2)26-23-16-21(27-30(23)24)19-6-4-3-5-7-19/h3-9,14-16H,10-13H2,1-2H3. The molecule has 0 saturated carbocycles. The van der Waals surface area contributed by atoms with E-state index in [1.54, 1.807) is 0 Å². The van der Waals surface area contributed by atoms with Crippen LogP contribution < -0.4 is 9.80 Å². The van der Waals surface area contributed by atoms with Crippen molar-refractivity contribution in [2.75, 3.05) is 36.0 Å². The number of nitrogens with zero attached hydrogens (tertiary/aromatic N) is 5. The summed E-state index contributed by atoms with van der Waals surface area (Å²) in [5.74, 6) is 1.10. The number of hydrogen-bond donors (Lipinski definition) is 0. The summed E-state index contributed by atoms with van der Waals surface area (Å²) in [6.45, 7) is 7.91. The number of aromatic nitrogens is 3. The third-order valence-corrected chi connectivity index (χ3v) is 5.96. The fourth-order valence-corrected chi connectivity index (χ4v) is 4.32. The molecule has 4 aromatic rings. The molecule has 1 saturated heterocycles. The minimum absolute atomic E-state index is 0.787. The average Bonchev–Trinajstić information content (AvgIpc) is 3.20. The van der Waals surface area contributed by atoms with Gasteiger partial charge in [-0.1, -0.05) is 48.0 Å². The molecule has 152 valence electrons. The highest BCUT2D eigenvalue weighted by Gasteiger charge is 2.22. The molecular weight excluding hydrogens is 394 g/mol. The van der Waals surface area contributed by atoms with Gasteiger partial charge >= 0.3 is 0 Å². The second-order valence-electron chi connectivity index (χ2n) is 7.83. The van der Waals surface area contributed by atoms with Crippen LogP contribution in [0.15, 0.2) is 60.7 Å². The molecule has 1 fully saturated rings. The first-order valence-electron chi connectivity index (χ1n) is 10.3. The summed E-state index contributed by atoms with van der Waals surface area (Å²) in [6, 6.07) is 20.6. The summed E-state index contributed by atoms with van der Waals surface area (Å²) >= 11 is 6.24. The second kappa shape index (κ2) is 7.65. The van der Waals surface area contributed by atoms with Gasteiger partial charge in [0.2, 0.25) is 0 Å². The highest BCUT2D eigenvalue weighted by atomic mass is 35.5. The Bertz CT molecular complexity index is 1190. The lowest BCUT2D eigenvalue weighted by Crippen LogP contribution is -2.47. The van der Waals surface area contributed by atoms with Crippen molar-refractivity contribution in [2.24, 2.45) is 0 Å². The molecule has 0 aliphatic carbocycles. The SMILES string of the molecule is Cc1cc(N2CCN(c3cc(Cl)ccc3C)CC2)n2nc(-c3ccccc3)cc2n1. The van der Waals surface area contributed by atoms with E-state index in [0.717, 1.165) is 59.6 Å². The van der Waals surface area contributed by atoms with Gasteiger partial charge in [-0.25, -0.2) is 4.98 Å². The second-order valence-corrected chi connectivity index (χ2v) is 8.26. The molecule has 0 atom stereocenters. The molecule has 6 heteroatoms. The number of rotatable bonds is 3. The van der Waals surface area contributed by atoms with Gasteiger partial charge < -0.3 is 9.80 Å². The normalized spacial score (nSPS) is 14.5. The highest BCUT2D eigenvalue weighted by molar-refractivity contribution is 6.30. The molecule has 5 rings (SSSR count). The van der Waals surface area contributed by atoms with Gasteiger partial charge in [0.25, 0.3) is 0 Å². The van der Waals surface area contributed by atoms with Crippen LogP contribution in [0.3, 0.4) is 0 Å². The van der Waals surface area contributed by atoms with Crippen LogP contribution in [0.5, 0.6) is 0 Å². The van der Waals surface area contributed by atoms with Crippen molar-refractivity contribution < 1.29 is 0 Å². The van der Waals surface area contributed by atoms with E-state index in [0.29, 0.717) is 0 Å². The molecule has 1 aliphatic rings. The van der Waals surface area contributed by atoms with Crippen LogP contribution in [0.4, 0.5) is 11.5 Å². The summed E-state index contributed by atoms with van der Waals surface area (Å²) in [7, 11) is 0. The Balaban J connectivity index is 1.44. The highest BCUT2D eigenvalue weighted by Crippen LogP contribution is 2.28. The van der Waals surface area contributed by atoms with Gasteiger partial charge in [-0.05, 0) is 31.5 Å². The first-order chi connectivity index (χ1) is 14.6. The van der Waals surface area contributed by atoms with Crippen molar-refractivity contribution in [3.8, 4) is 11.3 Å². The molecule has 0 unspecified atom stereocenters. The van der Waals surface area contributed by atoms with Gasteiger partial charge in [-0.15, -0.1) is 0 Å². The average molecular weight is 418 g/mol. The van der Waals surface area contributed by atoms with E-state index in [1.807, 2.05) is 35.7 Å². The molecule has 2 aromatic carbocycles. The lowest BCUT2D eigenvalue weighted by atomic mass is 10.1. The summed E-state index contributed by atoms with van der Waals surface area (Å²) in [5.41, 5.74) is 6.43. The Kier molecular flexibility index (Phi) is 4.83. The Morgan fingerprint density at radius 3 is 2.33 bits per heavy atom. The molecule has 0 spiro atoms. The van der Waals surface area contributed by atoms with E-state index in [2.05, 4.69) is 53.1 Å². The van der Waals surface area contributed by atoms with Gasteiger partial charge in [0.15, 0.2) is 5.65 Å². The van der Waals surface area contributed by atoms with Gasteiger partial charge in [0.05, 0.1) is 5.69 Å².